The molecule has 0 saturated carbocycles. The lowest BCUT2D eigenvalue weighted by Gasteiger charge is -2.16. The summed E-state index contributed by atoms with van der Waals surface area (Å²) in [5.74, 6) is 0.574. The molecular weight excluding hydrogens is 252 g/mol. The van der Waals surface area contributed by atoms with Crippen LogP contribution in [-0.4, -0.2) is 40.9 Å². The second-order valence-corrected chi connectivity index (χ2v) is 5.01. The van der Waals surface area contributed by atoms with E-state index < -0.39 is 0 Å². The molecule has 0 aliphatic heterocycles. The first-order valence-corrected chi connectivity index (χ1v) is 7.50. The third-order valence-electron chi connectivity index (χ3n) is 3.16. The van der Waals surface area contributed by atoms with Crippen molar-refractivity contribution in [1.29, 1.82) is 0 Å². The van der Waals surface area contributed by atoms with E-state index in [2.05, 4.69) is 29.1 Å². The standard InChI is InChI=1S/C15H26N4O/c1-4-6-8-9-16-15-17-11-13(12-18-15)14(20)19(3)10-7-5-2/h11-12H,4-10H2,1-3H3,(H,16,17,18). The first-order valence-electron chi connectivity index (χ1n) is 7.50. The van der Waals surface area contributed by atoms with Gasteiger partial charge in [0.1, 0.15) is 0 Å². The van der Waals surface area contributed by atoms with Crippen LogP contribution < -0.4 is 5.32 Å². The number of aromatic nitrogens is 2. The normalized spacial score (nSPS) is 10.3. The van der Waals surface area contributed by atoms with Crippen molar-refractivity contribution in [2.45, 2.75) is 46.0 Å². The zero-order chi connectivity index (χ0) is 14.8. The van der Waals surface area contributed by atoms with Gasteiger partial charge in [0, 0.05) is 32.5 Å². The number of hydrogen-bond acceptors (Lipinski definition) is 4. The lowest BCUT2D eigenvalue weighted by atomic mass is 10.2. The minimum absolute atomic E-state index is 0.0176. The van der Waals surface area contributed by atoms with Gasteiger partial charge in [-0.1, -0.05) is 33.1 Å². The summed E-state index contributed by atoms with van der Waals surface area (Å²) in [7, 11) is 1.81. The Bertz CT molecular complexity index is 391. The second-order valence-electron chi connectivity index (χ2n) is 5.01. The number of hydrogen-bond donors (Lipinski definition) is 1. The quantitative estimate of drug-likeness (QED) is 0.706. The molecule has 1 aromatic rings. The van der Waals surface area contributed by atoms with E-state index >= 15 is 0 Å². The summed E-state index contributed by atoms with van der Waals surface area (Å²) >= 11 is 0. The maximum atomic E-state index is 12.1. The summed E-state index contributed by atoms with van der Waals surface area (Å²) in [6.07, 6.45) is 8.79. The van der Waals surface area contributed by atoms with Crippen molar-refractivity contribution < 1.29 is 4.79 Å². The van der Waals surface area contributed by atoms with Gasteiger partial charge in [0.2, 0.25) is 5.95 Å². The number of nitrogens with zero attached hydrogens (tertiary/aromatic N) is 3. The minimum Gasteiger partial charge on any atom is -0.354 e. The van der Waals surface area contributed by atoms with Gasteiger partial charge in [-0.25, -0.2) is 9.97 Å². The Morgan fingerprint density at radius 2 is 1.80 bits per heavy atom. The molecule has 1 aromatic heterocycles. The fourth-order valence-electron chi connectivity index (χ4n) is 1.82. The molecular formula is C15H26N4O. The smallest absolute Gasteiger partial charge is 0.256 e. The van der Waals surface area contributed by atoms with E-state index in [1.54, 1.807) is 17.3 Å². The van der Waals surface area contributed by atoms with Crippen LogP contribution in [-0.2, 0) is 0 Å². The van der Waals surface area contributed by atoms with Gasteiger partial charge in [-0.2, -0.15) is 0 Å². The van der Waals surface area contributed by atoms with E-state index in [0.717, 1.165) is 32.4 Å². The van der Waals surface area contributed by atoms with E-state index in [0.29, 0.717) is 11.5 Å². The molecule has 0 spiro atoms. The van der Waals surface area contributed by atoms with E-state index in [1.165, 1.54) is 12.8 Å². The summed E-state index contributed by atoms with van der Waals surface area (Å²) < 4.78 is 0. The number of nitrogens with one attached hydrogen (secondary N) is 1. The second kappa shape index (κ2) is 9.28. The van der Waals surface area contributed by atoms with E-state index in [-0.39, 0.29) is 5.91 Å². The Morgan fingerprint density at radius 3 is 2.40 bits per heavy atom. The Morgan fingerprint density at radius 1 is 1.15 bits per heavy atom. The van der Waals surface area contributed by atoms with Crippen LogP contribution in [0.1, 0.15) is 56.3 Å². The molecule has 0 unspecified atom stereocenters. The van der Waals surface area contributed by atoms with Crippen LogP contribution >= 0.6 is 0 Å². The topological polar surface area (TPSA) is 58.1 Å². The van der Waals surface area contributed by atoms with Crippen molar-refractivity contribution in [2.75, 3.05) is 25.5 Å². The monoisotopic (exact) mass is 278 g/mol. The Balaban J connectivity index is 2.46. The van der Waals surface area contributed by atoms with Gasteiger partial charge in [-0.05, 0) is 12.8 Å². The highest BCUT2D eigenvalue weighted by Gasteiger charge is 2.11. The highest BCUT2D eigenvalue weighted by atomic mass is 16.2. The van der Waals surface area contributed by atoms with Gasteiger partial charge in [0.05, 0.1) is 5.56 Å². The fourth-order valence-corrected chi connectivity index (χ4v) is 1.82. The van der Waals surface area contributed by atoms with Crippen molar-refractivity contribution in [2.24, 2.45) is 0 Å². The number of rotatable bonds is 9. The third kappa shape index (κ3) is 5.55. The number of amides is 1. The highest BCUT2D eigenvalue weighted by Crippen LogP contribution is 2.05. The molecule has 0 aromatic carbocycles. The molecule has 0 bridgehead atoms. The van der Waals surface area contributed by atoms with Crippen LogP contribution in [0, 0.1) is 0 Å². The van der Waals surface area contributed by atoms with Crippen LogP contribution in [0.4, 0.5) is 5.95 Å². The van der Waals surface area contributed by atoms with Crippen molar-refractivity contribution in [3.63, 3.8) is 0 Å². The first kappa shape index (κ1) is 16.4. The number of anilines is 1. The van der Waals surface area contributed by atoms with Gasteiger partial charge < -0.3 is 10.2 Å². The Labute approximate surface area is 121 Å². The Kier molecular flexibility index (Phi) is 7.62. The maximum Gasteiger partial charge on any atom is 0.256 e. The van der Waals surface area contributed by atoms with Crippen molar-refractivity contribution >= 4 is 11.9 Å². The van der Waals surface area contributed by atoms with Crippen molar-refractivity contribution in [3.05, 3.63) is 18.0 Å². The summed E-state index contributed by atoms with van der Waals surface area (Å²) in [5, 5.41) is 3.16. The van der Waals surface area contributed by atoms with Crippen molar-refractivity contribution in [1.82, 2.24) is 14.9 Å². The molecule has 0 radical (unpaired) electrons. The summed E-state index contributed by atoms with van der Waals surface area (Å²) in [6, 6.07) is 0. The lowest BCUT2D eigenvalue weighted by molar-refractivity contribution is 0.0792. The molecule has 0 aliphatic carbocycles. The van der Waals surface area contributed by atoms with Gasteiger partial charge in [0.15, 0.2) is 0 Å². The SMILES string of the molecule is CCCCCNc1ncc(C(=O)N(C)CCCC)cn1. The summed E-state index contributed by atoms with van der Waals surface area (Å²) in [6.45, 7) is 5.93. The fraction of sp³-hybridized carbons (Fsp3) is 0.667. The van der Waals surface area contributed by atoms with E-state index in [9.17, 15) is 4.79 Å². The van der Waals surface area contributed by atoms with Crippen molar-refractivity contribution in [3.8, 4) is 0 Å². The molecule has 1 heterocycles. The first-order chi connectivity index (χ1) is 9.69. The average Bonchev–Trinajstić information content (AvgIpc) is 2.49. The average molecular weight is 278 g/mol. The summed E-state index contributed by atoms with van der Waals surface area (Å²) in [5.41, 5.74) is 0.544. The molecule has 5 heteroatoms. The predicted octanol–water partition coefficient (Wildman–Crippen LogP) is 2.95. The van der Waals surface area contributed by atoms with Gasteiger partial charge >= 0.3 is 0 Å². The molecule has 20 heavy (non-hydrogen) atoms. The summed E-state index contributed by atoms with van der Waals surface area (Å²) in [4.78, 5) is 22.2. The van der Waals surface area contributed by atoms with Crippen LogP contribution in [0.25, 0.3) is 0 Å². The molecule has 1 rings (SSSR count). The van der Waals surface area contributed by atoms with Gasteiger partial charge in [-0.15, -0.1) is 0 Å². The zero-order valence-corrected chi connectivity index (χ0v) is 12.9. The van der Waals surface area contributed by atoms with Gasteiger partial charge in [-0.3, -0.25) is 4.79 Å². The minimum atomic E-state index is -0.0176. The molecule has 1 amide bonds. The highest BCUT2D eigenvalue weighted by molar-refractivity contribution is 5.93. The van der Waals surface area contributed by atoms with Crippen LogP contribution in [0.15, 0.2) is 12.4 Å². The number of carbonyl (C=O) groups excluding carboxylic acids is 1. The molecule has 5 nitrogen and oxygen atoms in total. The Hall–Kier alpha value is -1.65. The molecule has 0 saturated heterocycles. The maximum absolute atomic E-state index is 12.1. The molecule has 1 N–H and O–H groups in total. The third-order valence-corrected chi connectivity index (χ3v) is 3.16. The number of unbranched alkanes of at least 4 members (excludes halogenated alkanes) is 3. The van der Waals surface area contributed by atoms with E-state index in [4.69, 9.17) is 0 Å². The van der Waals surface area contributed by atoms with Crippen LogP contribution in [0.3, 0.4) is 0 Å². The van der Waals surface area contributed by atoms with Crippen LogP contribution in [0.2, 0.25) is 0 Å². The molecule has 0 aliphatic rings. The molecule has 0 fully saturated rings. The number of carbonyl (C=O) groups is 1. The van der Waals surface area contributed by atoms with E-state index in [1.807, 2.05) is 7.05 Å². The largest absolute Gasteiger partial charge is 0.354 e. The molecule has 112 valence electrons. The lowest BCUT2D eigenvalue weighted by Crippen LogP contribution is -2.28. The predicted molar refractivity (Wildman–Crippen MR) is 81.9 cm³/mol. The van der Waals surface area contributed by atoms with Crippen LogP contribution in [0.5, 0.6) is 0 Å². The zero-order valence-electron chi connectivity index (χ0n) is 12.9. The van der Waals surface area contributed by atoms with Gasteiger partial charge in [0.25, 0.3) is 5.91 Å². The molecule has 0 atom stereocenters.